The van der Waals surface area contributed by atoms with Crippen LogP contribution in [0.15, 0.2) is 23.1 Å². The van der Waals surface area contributed by atoms with Crippen LogP contribution in [0.5, 0.6) is 0 Å². The van der Waals surface area contributed by atoms with Crippen LogP contribution in [0.25, 0.3) is 0 Å². The highest BCUT2D eigenvalue weighted by Gasteiger charge is 2.32. The molecular weight excluding hydrogens is 316 g/mol. The molecule has 1 aromatic carbocycles. The Labute approximate surface area is 136 Å². The van der Waals surface area contributed by atoms with Crippen molar-refractivity contribution in [3.63, 3.8) is 0 Å². The van der Waals surface area contributed by atoms with E-state index >= 15 is 0 Å². The number of nitrogens with two attached hydrogens (primary N) is 1. The van der Waals surface area contributed by atoms with Crippen LogP contribution in [0.2, 0.25) is 0 Å². The predicted octanol–water partition coefficient (Wildman–Crippen LogP) is 0.368. The minimum absolute atomic E-state index is 0.0706. The van der Waals surface area contributed by atoms with Crippen molar-refractivity contribution in [1.82, 2.24) is 9.21 Å². The number of piperazine rings is 1. The molecule has 0 saturated carbocycles. The third-order valence-corrected chi connectivity index (χ3v) is 6.31. The van der Waals surface area contributed by atoms with Crippen LogP contribution in [0.1, 0.15) is 24.2 Å². The van der Waals surface area contributed by atoms with E-state index in [0.717, 1.165) is 25.2 Å². The molecule has 126 valence electrons. The molecular formula is C15H22N4O3S. The molecule has 23 heavy (non-hydrogen) atoms. The maximum Gasteiger partial charge on any atom is 0.243 e. The van der Waals surface area contributed by atoms with Crippen molar-refractivity contribution in [2.75, 3.05) is 39.3 Å². The van der Waals surface area contributed by atoms with Crippen LogP contribution in [0, 0.1) is 5.41 Å². The highest BCUT2D eigenvalue weighted by molar-refractivity contribution is 7.89. The zero-order valence-corrected chi connectivity index (χ0v) is 14.0. The van der Waals surface area contributed by atoms with Crippen LogP contribution < -0.4 is 5.73 Å². The number of likely N-dealkylation sites (N-methyl/N-ethyl adjacent to an activating group) is 1. The topological polar surface area (TPSA) is 103 Å². The number of nitrogen functional groups attached to an aromatic ring is 1. The lowest BCUT2D eigenvalue weighted by atomic mass is 10.0. The van der Waals surface area contributed by atoms with Gasteiger partial charge in [0.1, 0.15) is 11.9 Å². The van der Waals surface area contributed by atoms with Gasteiger partial charge in [-0.3, -0.25) is 5.41 Å². The van der Waals surface area contributed by atoms with Crippen molar-refractivity contribution in [2.24, 2.45) is 5.73 Å². The Kier molecular flexibility index (Phi) is 4.41. The predicted molar refractivity (Wildman–Crippen MR) is 87.0 cm³/mol. The fraction of sp³-hybridized carbons (Fsp3) is 0.533. The molecule has 2 heterocycles. The molecule has 0 aromatic heterocycles. The number of hydrogen-bond donors (Lipinski definition) is 2. The molecule has 1 aromatic rings. The maximum atomic E-state index is 12.8. The Morgan fingerprint density at radius 2 is 2.00 bits per heavy atom. The van der Waals surface area contributed by atoms with E-state index in [4.69, 9.17) is 15.9 Å². The van der Waals surface area contributed by atoms with Crippen molar-refractivity contribution in [1.29, 1.82) is 5.41 Å². The molecule has 3 rings (SSSR count). The lowest BCUT2D eigenvalue weighted by Crippen LogP contribution is -2.48. The Balaban J connectivity index is 1.88. The first kappa shape index (κ1) is 16.4. The normalized spacial score (nSPS) is 22.9. The van der Waals surface area contributed by atoms with Gasteiger partial charge in [-0.05, 0) is 24.2 Å². The third kappa shape index (κ3) is 3.25. The van der Waals surface area contributed by atoms with Gasteiger partial charge >= 0.3 is 0 Å². The van der Waals surface area contributed by atoms with Gasteiger partial charge in [0, 0.05) is 31.7 Å². The van der Waals surface area contributed by atoms with Crippen LogP contribution in [0.3, 0.4) is 0 Å². The van der Waals surface area contributed by atoms with Crippen LogP contribution >= 0.6 is 0 Å². The van der Waals surface area contributed by atoms with Crippen LogP contribution in [-0.2, 0) is 14.8 Å². The number of amidine groups is 1. The first-order chi connectivity index (χ1) is 10.9. The summed E-state index contributed by atoms with van der Waals surface area (Å²) in [5.74, 6) is -0.136. The molecule has 1 atom stereocenters. The van der Waals surface area contributed by atoms with Crippen LogP contribution in [0.4, 0.5) is 0 Å². The summed E-state index contributed by atoms with van der Waals surface area (Å²) in [4.78, 5) is 2.41. The molecule has 0 aliphatic carbocycles. The van der Waals surface area contributed by atoms with E-state index in [1.165, 1.54) is 10.4 Å². The molecule has 2 aliphatic heterocycles. The second-order valence-electron chi connectivity index (χ2n) is 5.82. The molecule has 8 heteroatoms. The van der Waals surface area contributed by atoms with Crippen molar-refractivity contribution in [3.05, 3.63) is 29.3 Å². The number of epoxide rings is 1. The number of ether oxygens (including phenoxy) is 1. The summed E-state index contributed by atoms with van der Waals surface area (Å²) < 4.78 is 32.4. The molecule has 2 fully saturated rings. The molecule has 1 unspecified atom stereocenters. The Morgan fingerprint density at radius 1 is 1.35 bits per heavy atom. The first-order valence-corrected chi connectivity index (χ1v) is 9.20. The molecule has 0 radical (unpaired) electrons. The molecule has 0 bridgehead atoms. The molecule has 2 saturated heterocycles. The van der Waals surface area contributed by atoms with E-state index in [1.54, 1.807) is 12.1 Å². The summed E-state index contributed by atoms with van der Waals surface area (Å²) in [6.07, 6.45) is -0.0706. The second kappa shape index (κ2) is 6.20. The molecule has 0 amide bonds. The summed E-state index contributed by atoms with van der Waals surface area (Å²) in [7, 11) is -3.56. The Morgan fingerprint density at radius 3 is 2.52 bits per heavy atom. The second-order valence-corrected chi connectivity index (χ2v) is 7.76. The van der Waals surface area contributed by atoms with E-state index < -0.39 is 10.0 Å². The van der Waals surface area contributed by atoms with E-state index in [9.17, 15) is 8.42 Å². The lowest BCUT2D eigenvalue weighted by Gasteiger charge is -2.33. The van der Waals surface area contributed by atoms with Gasteiger partial charge in [0.2, 0.25) is 10.0 Å². The van der Waals surface area contributed by atoms with Gasteiger partial charge in [-0.1, -0.05) is 13.0 Å². The zero-order valence-electron chi connectivity index (χ0n) is 13.2. The standard InChI is InChI=1S/C15H22N4O3S/c1-2-18-5-7-19(8-6-18)23(20,21)11-3-4-12(14-10-22-14)13(9-11)15(16)17/h3-4,9,14H,2,5-8,10H2,1H3,(H3,16,17). The van der Waals surface area contributed by atoms with E-state index in [0.29, 0.717) is 25.3 Å². The number of benzene rings is 1. The van der Waals surface area contributed by atoms with Gasteiger partial charge in [0.15, 0.2) is 0 Å². The van der Waals surface area contributed by atoms with E-state index in [1.807, 2.05) is 0 Å². The van der Waals surface area contributed by atoms with Gasteiger partial charge in [0.05, 0.1) is 11.5 Å². The summed E-state index contributed by atoms with van der Waals surface area (Å²) in [5.41, 5.74) is 6.85. The monoisotopic (exact) mass is 338 g/mol. The summed E-state index contributed by atoms with van der Waals surface area (Å²) in [6, 6.07) is 4.80. The SMILES string of the molecule is CCN1CCN(S(=O)(=O)c2ccc(C3CO3)c(C(=N)N)c2)CC1. The number of hydrogen-bond acceptors (Lipinski definition) is 5. The average molecular weight is 338 g/mol. The lowest BCUT2D eigenvalue weighted by molar-refractivity contribution is 0.196. The number of nitrogens with zero attached hydrogens (tertiary/aromatic N) is 2. The summed E-state index contributed by atoms with van der Waals surface area (Å²) in [6.45, 7) is 6.04. The van der Waals surface area contributed by atoms with E-state index in [2.05, 4.69) is 11.8 Å². The van der Waals surface area contributed by atoms with Gasteiger partial charge in [0.25, 0.3) is 0 Å². The van der Waals surface area contributed by atoms with Crippen molar-refractivity contribution in [3.8, 4) is 0 Å². The van der Waals surface area contributed by atoms with E-state index in [-0.39, 0.29) is 16.8 Å². The number of sulfonamides is 1. The molecule has 7 nitrogen and oxygen atoms in total. The van der Waals surface area contributed by atoms with Crippen molar-refractivity contribution >= 4 is 15.9 Å². The van der Waals surface area contributed by atoms with Gasteiger partial charge in [-0.15, -0.1) is 0 Å². The fourth-order valence-corrected chi connectivity index (χ4v) is 4.32. The third-order valence-electron chi connectivity index (χ3n) is 4.41. The molecule has 2 aliphatic rings. The van der Waals surface area contributed by atoms with Gasteiger partial charge < -0.3 is 15.4 Å². The summed E-state index contributed by atoms with van der Waals surface area (Å²) in [5, 5.41) is 7.70. The number of nitrogens with one attached hydrogen (secondary N) is 1. The Bertz CT molecular complexity index is 707. The quantitative estimate of drug-likeness (QED) is 0.459. The smallest absolute Gasteiger partial charge is 0.243 e. The van der Waals surface area contributed by atoms with Crippen molar-refractivity contribution < 1.29 is 13.2 Å². The number of rotatable bonds is 5. The fourth-order valence-electron chi connectivity index (χ4n) is 2.87. The zero-order chi connectivity index (χ0) is 16.6. The van der Waals surface area contributed by atoms with Gasteiger partial charge in [-0.2, -0.15) is 4.31 Å². The Hall–Kier alpha value is -1.48. The van der Waals surface area contributed by atoms with Crippen LogP contribution in [-0.4, -0.2) is 62.8 Å². The highest BCUT2D eigenvalue weighted by Crippen LogP contribution is 2.33. The minimum Gasteiger partial charge on any atom is -0.384 e. The largest absolute Gasteiger partial charge is 0.384 e. The highest BCUT2D eigenvalue weighted by atomic mass is 32.2. The minimum atomic E-state index is -3.56. The summed E-state index contributed by atoms with van der Waals surface area (Å²) >= 11 is 0. The van der Waals surface area contributed by atoms with Gasteiger partial charge in [-0.25, -0.2) is 8.42 Å². The first-order valence-electron chi connectivity index (χ1n) is 7.76. The van der Waals surface area contributed by atoms with Crippen molar-refractivity contribution in [2.45, 2.75) is 17.9 Å². The molecule has 0 spiro atoms. The maximum absolute atomic E-state index is 12.8. The average Bonchev–Trinajstić information content (AvgIpc) is 3.39. The molecule has 3 N–H and O–H groups in total.